The van der Waals surface area contributed by atoms with Crippen molar-refractivity contribution < 1.29 is 28.3 Å². The van der Waals surface area contributed by atoms with E-state index in [1.54, 1.807) is 0 Å². The minimum atomic E-state index is -1.60. The predicted molar refractivity (Wildman–Crippen MR) is 64.0 cm³/mol. The first-order chi connectivity index (χ1) is 9.35. The molecule has 9 heteroatoms. The number of nitrogens with one attached hydrogen (secondary N) is 2. The van der Waals surface area contributed by atoms with Crippen LogP contribution in [0.25, 0.3) is 0 Å². The number of benzene rings is 1. The molecule has 0 radical (unpaired) electrons. The highest BCUT2D eigenvalue weighted by molar-refractivity contribution is 5.96. The average molecular weight is 287 g/mol. The third kappa shape index (κ3) is 3.99. The van der Waals surface area contributed by atoms with E-state index >= 15 is 0 Å². The van der Waals surface area contributed by atoms with Gasteiger partial charge in [0, 0.05) is 6.07 Å². The summed E-state index contributed by atoms with van der Waals surface area (Å²) in [6, 6.07) is 0.993. The van der Waals surface area contributed by atoms with Crippen molar-refractivity contribution >= 4 is 23.5 Å². The van der Waals surface area contributed by atoms with Crippen LogP contribution in [0.5, 0.6) is 0 Å². The first-order valence-corrected chi connectivity index (χ1v) is 5.34. The molecule has 0 aliphatic heterocycles. The second kappa shape index (κ2) is 6.57. The fourth-order valence-corrected chi connectivity index (χ4v) is 1.25. The Morgan fingerprint density at radius 1 is 1.15 bits per heavy atom. The molecular formula is C11H11F2N3O4. The fourth-order valence-electron chi connectivity index (χ4n) is 1.25. The SMILES string of the molecule is NCC(=O)NCC(=O)Nc1cc(C(=O)O)c(F)cc1F. The van der Waals surface area contributed by atoms with Crippen LogP contribution in [0, 0.1) is 11.6 Å². The number of rotatable bonds is 5. The van der Waals surface area contributed by atoms with Gasteiger partial charge in [-0.3, -0.25) is 9.59 Å². The number of carboxylic acids is 1. The molecule has 20 heavy (non-hydrogen) atoms. The quantitative estimate of drug-likeness (QED) is 0.591. The summed E-state index contributed by atoms with van der Waals surface area (Å²) in [4.78, 5) is 32.9. The van der Waals surface area contributed by atoms with E-state index in [0.29, 0.717) is 12.1 Å². The van der Waals surface area contributed by atoms with Crippen molar-refractivity contribution in [2.24, 2.45) is 5.73 Å². The maximum Gasteiger partial charge on any atom is 0.338 e. The number of carbonyl (C=O) groups is 3. The summed E-state index contributed by atoms with van der Waals surface area (Å²) in [6.45, 7) is -0.795. The van der Waals surface area contributed by atoms with Gasteiger partial charge in [0.1, 0.15) is 11.6 Å². The van der Waals surface area contributed by atoms with E-state index in [9.17, 15) is 23.2 Å². The van der Waals surface area contributed by atoms with Gasteiger partial charge in [-0.2, -0.15) is 0 Å². The van der Waals surface area contributed by atoms with Crippen LogP contribution >= 0.6 is 0 Å². The van der Waals surface area contributed by atoms with Crippen molar-refractivity contribution in [1.82, 2.24) is 5.32 Å². The summed E-state index contributed by atoms with van der Waals surface area (Å²) in [6.07, 6.45) is 0. The molecule has 5 N–H and O–H groups in total. The molecule has 0 spiro atoms. The molecule has 0 unspecified atom stereocenters. The maximum atomic E-state index is 13.4. The molecule has 1 aromatic rings. The Hall–Kier alpha value is -2.55. The largest absolute Gasteiger partial charge is 0.478 e. The van der Waals surface area contributed by atoms with Crippen LogP contribution in [0.4, 0.5) is 14.5 Å². The average Bonchev–Trinajstić information content (AvgIpc) is 2.38. The van der Waals surface area contributed by atoms with Crippen molar-refractivity contribution in [2.45, 2.75) is 0 Å². The summed E-state index contributed by atoms with van der Waals surface area (Å²) in [5.41, 5.74) is 3.71. The number of halogens is 2. The monoisotopic (exact) mass is 287 g/mol. The van der Waals surface area contributed by atoms with Gasteiger partial charge in [-0.15, -0.1) is 0 Å². The first kappa shape index (κ1) is 15.5. The van der Waals surface area contributed by atoms with Gasteiger partial charge >= 0.3 is 5.97 Å². The van der Waals surface area contributed by atoms with E-state index < -0.39 is 47.2 Å². The van der Waals surface area contributed by atoms with Gasteiger partial charge in [-0.25, -0.2) is 13.6 Å². The highest BCUT2D eigenvalue weighted by atomic mass is 19.1. The molecule has 2 amide bonds. The molecule has 108 valence electrons. The number of hydrogen-bond acceptors (Lipinski definition) is 4. The lowest BCUT2D eigenvalue weighted by atomic mass is 10.2. The number of carbonyl (C=O) groups excluding carboxylic acids is 2. The summed E-state index contributed by atoms with van der Waals surface area (Å²) in [7, 11) is 0. The molecule has 1 aromatic carbocycles. The van der Waals surface area contributed by atoms with Crippen molar-refractivity contribution in [2.75, 3.05) is 18.4 Å². The van der Waals surface area contributed by atoms with Gasteiger partial charge in [-0.1, -0.05) is 0 Å². The Kier molecular flexibility index (Phi) is 5.09. The van der Waals surface area contributed by atoms with Crippen molar-refractivity contribution in [3.63, 3.8) is 0 Å². The van der Waals surface area contributed by atoms with Gasteiger partial charge in [0.05, 0.1) is 24.3 Å². The standard InChI is InChI=1S/C11H11F2N3O4/c12-6-2-7(13)8(1-5(6)11(19)20)16-10(18)4-15-9(17)3-14/h1-2H,3-4,14H2,(H,15,17)(H,16,18)(H,19,20). The predicted octanol–water partition coefficient (Wildman–Crippen LogP) is -0.324. The Balaban J connectivity index is 2.82. The first-order valence-electron chi connectivity index (χ1n) is 5.34. The van der Waals surface area contributed by atoms with E-state index in [1.807, 2.05) is 5.32 Å². The zero-order valence-electron chi connectivity index (χ0n) is 10.1. The lowest BCUT2D eigenvalue weighted by molar-refractivity contribution is -0.123. The van der Waals surface area contributed by atoms with Gasteiger partial charge in [0.15, 0.2) is 0 Å². The molecular weight excluding hydrogens is 276 g/mol. The van der Waals surface area contributed by atoms with E-state index in [0.717, 1.165) is 0 Å². The van der Waals surface area contributed by atoms with Crippen LogP contribution in [0.15, 0.2) is 12.1 Å². The molecule has 1 rings (SSSR count). The lowest BCUT2D eigenvalue weighted by Gasteiger charge is -2.08. The second-order valence-electron chi connectivity index (χ2n) is 3.65. The van der Waals surface area contributed by atoms with Crippen LogP contribution in [-0.4, -0.2) is 36.0 Å². The van der Waals surface area contributed by atoms with Crippen molar-refractivity contribution in [3.8, 4) is 0 Å². The van der Waals surface area contributed by atoms with Crippen molar-refractivity contribution in [3.05, 3.63) is 29.3 Å². The summed E-state index contributed by atoms with van der Waals surface area (Å²) in [5, 5.41) is 12.8. The molecule has 0 aliphatic rings. The molecule has 0 saturated heterocycles. The van der Waals surface area contributed by atoms with Crippen LogP contribution in [0.3, 0.4) is 0 Å². The number of anilines is 1. The fraction of sp³-hybridized carbons (Fsp3) is 0.182. The number of nitrogens with two attached hydrogens (primary N) is 1. The third-order valence-electron chi connectivity index (χ3n) is 2.19. The molecule has 0 aromatic heterocycles. The molecule has 0 heterocycles. The number of amides is 2. The highest BCUT2D eigenvalue weighted by Gasteiger charge is 2.16. The Labute approximate surface area is 111 Å². The number of carboxylic acid groups (broad SMARTS) is 1. The summed E-state index contributed by atoms with van der Waals surface area (Å²) < 4.78 is 26.5. The maximum absolute atomic E-state index is 13.4. The number of aromatic carboxylic acids is 1. The zero-order chi connectivity index (χ0) is 15.3. The second-order valence-corrected chi connectivity index (χ2v) is 3.65. The molecule has 0 atom stereocenters. The molecule has 7 nitrogen and oxygen atoms in total. The lowest BCUT2D eigenvalue weighted by Crippen LogP contribution is -2.36. The Morgan fingerprint density at radius 3 is 2.35 bits per heavy atom. The molecule has 0 fully saturated rings. The van der Waals surface area contributed by atoms with Crippen molar-refractivity contribution in [1.29, 1.82) is 0 Å². The van der Waals surface area contributed by atoms with E-state index in [-0.39, 0.29) is 6.54 Å². The Bertz CT molecular complexity index is 563. The normalized spacial score (nSPS) is 9.95. The van der Waals surface area contributed by atoms with E-state index in [2.05, 4.69) is 5.32 Å². The van der Waals surface area contributed by atoms with E-state index in [4.69, 9.17) is 10.8 Å². The Morgan fingerprint density at radius 2 is 1.80 bits per heavy atom. The van der Waals surface area contributed by atoms with Gasteiger partial charge in [-0.05, 0) is 6.07 Å². The van der Waals surface area contributed by atoms with Crippen LogP contribution in [-0.2, 0) is 9.59 Å². The molecule has 0 aliphatic carbocycles. The minimum absolute atomic E-state index is 0.318. The third-order valence-corrected chi connectivity index (χ3v) is 2.19. The smallest absolute Gasteiger partial charge is 0.338 e. The summed E-state index contributed by atoms with van der Waals surface area (Å²) in [5.74, 6) is -5.40. The van der Waals surface area contributed by atoms with Gasteiger partial charge < -0.3 is 21.5 Å². The van der Waals surface area contributed by atoms with E-state index in [1.165, 1.54) is 0 Å². The zero-order valence-corrected chi connectivity index (χ0v) is 10.1. The summed E-state index contributed by atoms with van der Waals surface area (Å²) >= 11 is 0. The van der Waals surface area contributed by atoms with Crippen LogP contribution < -0.4 is 16.4 Å². The number of hydrogen-bond donors (Lipinski definition) is 4. The molecule has 0 saturated carbocycles. The topological polar surface area (TPSA) is 122 Å². The minimum Gasteiger partial charge on any atom is -0.478 e. The highest BCUT2D eigenvalue weighted by Crippen LogP contribution is 2.19. The van der Waals surface area contributed by atoms with Gasteiger partial charge in [0.2, 0.25) is 11.8 Å². The van der Waals surface area contributed by atoms with Gasteiger partial charge in [0.25, 0.3) is 0 Å². The van der Waals surface area contributed by atoms with Crippen LogP contribution in [0.2, 0.25) is 0 Å². The molecule has 0 bridgehead atoms. The van der Waals surface area contributed by atoms with Crippen LogP contribution in [0.1, 0.15) is 10.4 Å².